The van der Waals surface area contributed by atoms with Gasteiger partial charge in [0.1, 0.15) is 0 Å². The minimum absolute atomic E-state index is 0.0408. The molecule has 0 radical (unpaired) electrons. The highest BCUT2D eigenvalue weighted by Gasteiger charge is 2.33. The van der Waals surface area contributed by atoms with Gasteiger partial charge < -0.3 is 0 Å². The second kappa shape index (κ2) is 4.35. The first kappa shape index (κ1) is 13.2. The summed E-state index contributed by atoms with van der Waals surface area (Å²) in [6.45, 7) is 7.96. The zero-order chi connectivity index (χ0) is 14.5. The molecule has 1 aliphatic rings. The lowest BCUT2D eigenvalue weighted by atomic mass is 9.83. The van der Waals surface area contributed by atoms with Crippen LogP contribution in [-0.2, 0) is 5.41 Å². The van der Waals surface area contributed by atoms with Gasteiger partial charge in [0.15, 0.2) is 11.6 Å². The topological polar surface area (TPSA) is 42.3 Å². The number of hydrogen-bond donors (Lipinski definition) is 0. The molecule has 2 aromatic rings. The molecule has 0 N–H and O–H groups in total. The zero-order valence-corrected chi connectivity index (χ0v) is 12.8. The number of carbonyl (C=O) groups is 1. The molecule has 102 valence electrons. The van der Waals surface area contributed by atoms with Crippen LogP contribution in [0.5, 0.6) is 0 Å². The van der Waals surface area contributed by atoms with Gasteiger partial charge in [0, 0.05) is 16.7 Å². The number of aromatic nitrogens is 1. The molecule has 0 saturated heterocycles. The van der Waals surface area contributed by atoms with Crippen LogP contribution in [0.4, 0.5) is 5.82 Å². The van der Waals surface area contributed by atoms with Crippen molar-refractivity contribution in [2.24, 2.45) is 4.99 Å². The van der Waals surface area contributed by atoms with E-state index in [-0.39, 0.29) is 11.2 Å². The van der Waals surface area contributed by atoms with Crippen molar-refractivity contribution in [3.8, 4) is 10.6 Å². The normalized spacial score (nSPS) is 15.9. The Kier molecular flexibility index (Phi) is 2.87. The zero-order valence-electron chi connectivity index (χ0n) is 12.0. The van der Waals surface area contributed by atoms with Crippen LogP contribution in [0.25, 0.3) is 10.6 Å². The quantitative estimate of drug-likeness (QED) is 0.767. The summed E-state index contributed by atoms with van der Waals surface area (Å²) in [5.41, 5.74) is 3.10. The third kappa shape index (κ3) is 1.91. The van der Waals surface area contributed by atoms with Crippen molar-refractivity contribution in [3.05, 3.63) is 34.7 Å². The Hall–Kier alpha value is -1.81. The van der Waals surface area contributed by atoms with Gasteiger partial charge in [-0.25, -0.2) is 9.98 Å². The van der Waals surface area contributed by atoms with Gasteiger partial charge in [-0.3, -0.25) is 4.79 Å². The van der Waals surface area contributed by atoms with Gasteiger partial charge in [0.2, 0.25) is 0 Å². The number of Topliss-reactive ketones (excluding diaryl/α,β-unsaturated/α-hetero) is 1. The molecule has 2 aromatic heterocycles. The standard InChI is InChI=1S/C16H16N2OS/c1-9(19)13-7-8-14(20-13)12-6-5-11-15(18-12)17-10(2)16(11,3)4/h5-8H,1-4H3. The summed E-state index contributed by atoms with van der Waals surface area (Å²) < 4.78 is 0. The SMILES string of the molecule is CC(=O)c1ccc(-c2ccc3c(n2)N=C(C)C3(C)C)s1. The number of thiophene rings is 1. The molecule has 0 unspecified atom stereocenters. The number of aliphatic imine (C=N–C) groups is 1. The van der Waals surface area contributed by atoms with E-state index in [2.05, 4.69) is 29.9 Å². The van der Waals surface area contributed by atoms with Crippen LogP contribution < -0.4 is 0 Å². The fourth-order valence-electron chi connectivity index (χ4n) is 2.32. The number of rotatable bonds is 2. The van der Waals surface area contributed by atoms with E-state index in [1.54, 1.807) is 6.92 Å². The van der Waals surface area contributed by atoms with Crippen molar-refractivity contribution in [3.63, 3.8) is 0 Å². The first-order chi connectivity index (χ1) is 9.39. The van der Waals surface area contributed by atoms with Crippen LogP contribution in [-0.4, -0.2) is 16.5 Å². The van der Waals surface area contributed by atoms with E-state index in [1.165, 1.54) is 16.9 Å². The molecule has 3 rings (SSSR count). The minimum atomic E-state index is -0.0408. The van der Waals surface area contributed by atoms with E-state index >= 15 is 0 Å². The molecule has 0 spiro atoms. The third-order valence-corrected chi connectivity index (χ3v) is 5.14. The summed E-state index contributed by atoms with van der Waals surface area (Å²) in [4.78, 5) is 22.4. The molecule has 0 fully saturated rings. The van der Waals surface area contributed by atoms with Crippen molar-refractivity contribution in [1.29, 1.82) is 0 Å². The first-order valence-electron chi connectivity index (χ1n) is 6.58. The van der Waals surface area contributed by atoms with E-state index in [4.69, 9.17) is 0 Å². The number of ketones is 1. The maximum atomic E-state index is 11.4. The van der Waals surface area contributed by atoms with Crippen LogP contribution >= 0.6 is 11.3 Å². The fourth-order valence-corrected chi connectivity index (χ4v) is 3.19. The van der Waals surface area contributed by atoms with Crippen LogP contribution in [0, 0.1) is 0 Å². The molecular weight excluding hydrogens is 268 g/mol. The average molecular weight is 284 g/mol. The number of hydrogen-bond acceptors (Lipinski definition) is 4. The summed E-state index contributed by atoms with van der Waals surface area (Å²) in [7, 11) is 0. The Morgan fingerprint density at radius 1 is 1.20 bits per heavy atom. The van der Waals surface area contributed by atoms with Gasteiger partial charge in [-0.1, -0.05) is 19.9 Å². The molecular formula is C16H16N2OS. The molecule has 0 aromatic carbocycles. The van der Waals surface area contributed by atoms with Crippen LogP contribution in [0.2, 0.25) is 0 Å². The smallest absolute Gasteiger partial charge is 0.169 e. The number of nitrogens with zero attached hydrogens (tertiary/aromatic N) is 2. The lowest BCUT2D eigenvalue weighted by molar-refractivity contribution is 0.102. The van der Waals surface area contributed by atoms with Gasteiger partial charge in [-0.2, -0.15) is 0 Å². The van der Waals surface area contributed by atoms with Crippen molar-refractivity contribution >= 4 is 28.6 Å². The largest absolute Gasteiger partial charge is 0.294 e. The second-order valence-electron chi connectivity index (χ2n) is 5.61. The fraction of sp³-hybridized carbons (Fsp3) is 0.312. The van der Waals surface area contributed by atoms with Crippen LogP contribution in [0.15, 0.2) is 29.3 Å². The summed E-state index contributed by atoms with van der Waals surface area (Å²) in [6, 6.07) is 7.93. The summed E-state index contributed by atoms with van der Waals surface area (Å²) in [6.07, 6.45) is 0. The van der Waals surface area contributed by atoms with Crippen molar-refractivity contribution < 1.29 is 4.79 Å². The summed E-state index contributed by atoms with van der Waals surface area (Å²) in [5.74, 6) is 0.903. The molecule has 0 atom stereocenters. The molecule has 1 aliphatic heterocycles. The Balaban J connectivity index is 2.06. The van der Waals surface area contributed by atoms with Gasteiger partial charge in [-0.05, 0) is 32.0 Å². The Labute approximate surface area is 122 Å². The summed E-state index contributed by atoms with van der Waals surface area (Å²) >= 11 is 1.48. The molecule has 0 bridgehead atoms. The Bertz CT molecular complexity index is 741. The molecule has 4 heteroatoms. The van der Waals surface area contributed by atoms with E-state index in [9.17, 15) is 4.79 Å². The van der Waals surface area contributed by atoms with E-state index in [0.29, 0.717) is 0 Å². The predicted octanol–water partition coefficient (Wildman–Crippen LogP) is 4.40. The van der Waals surface area contributed by atoms with Crippen molar-refractivity contribution in [2.45, 2.75) is 33.1 Å². The molecule has 0 aliphatic carbocycles. The van der Waals surface area contributed by atoms with E-state index < -0.39 is 0 Å². The highest BCUT2D eigenvalue weighted by Crippen LogP contribution is 2.40. The first-order valence-corrected chi connectivity index (χ1v) is 7.39. The van der Waals surface area contributed by atoms with Crippen molar-refractivity contribution in [2.75, 3.05) is 0 Å². The van der Waals surface area contributed by atoms with Gasteiger partial charge in [0.25, 0.3) is 0 Å². The molecule has 3 heterocycles. The maximum absolute atomic E-state index is 11.4. The highest BCUT2D eigenvalue weighted by atomic mass is 32.1. The monoisotopic (exact) mass is 284 g/mol. The Morgan fingerprint density at radius 2 is 1.95 bits per heavy atom. The van der Waals surface area contributed by atoms with Crippen LogP contribution in [0.1, 0.15) is 42.9 Å². The lowest BCUT2D eigenvalue weighted by Crippen LogP contribution is -2.22. The predicted molar refractivity (Wildman–Crippen MR) is 83.3 cm³/mol. The van der Waals surface area contributed by atoms with E-state index in [0.717, 1.165) is 27.0 Å². The Morgan fingerprint density at radius 3 is 2.60 bits per heavy atom. The van der Waals surface area contributed by atoms with Crippen LogP contribution in [0.3, 0.4) is 0 Å². The summed E-state index contributed by atoms with van der Waals surface area (Å²) in [5, 5.41) is 0. The highest BCUT2D eigenvalue weighted by molar-refractivity contribution is 7.17. The molecule has 20 heavy (non-hydrogen) atoms. The minimum Gasteiger partial charge on any atom is -0.294 e. The number of carbonyl (C=O) groups excluding carboxylic acids is 1. The molecule has 3 nitrogen and oxygen atoms in total. The molecule has 0 saturated carbocycles. The second-order valence-corrected chi connectivity index (χ2v) is 6.69. The number of pyridine rings is 1. The maximum Gasteiger partial charge on any atom is 0.169 e. The van der Waals surface area contributed by atoms with Gasteiger partial charge in [-0.15, -0.1) is 11.3 Å². The average Bonchev–Trinajstić information content (AvgIpc) is 2.94. The van der Waals surface area contributed by atoms with E-state index in [1.807, 2.05) is 25.1 Å². The lowest BCUT2D eigenvalue weighted by Gasteiger charge is -2.19. The van der Waals surface area contributed by atoms with Gasteiger partial charge in [0.05, 0.1) is 15.4 Å². The number of fused-ring (bicyclic) bond motifs is 1. The van der Waals surface area contributed by atoms with Gasteiger partial charge >= 0.3 is 0 Å². The van der Waals surface area contributed by atoms with Crippen molar-refractivity contribution in [1.82, 2.24) is 4.98 Å². The third-order valence-electron chi connectivity index (χ3n) is 3.93. The molecule has 0 amide bonds.